The first kappa shape index (κ1) is 15.5. The van der Waals surface area contributed by atoms with E-state index >= 15 is 0 Å². The van der Waals surface area contributed by atoms with Gasteiger partial charge in [-0.3, -0.25) is 0 Å². The number of rotatable bonds is 3. The molecule has 0 aromatic carbocycles. The van der Waals surface area contributed by atoms with E-state index in [-0.39, 0.29) is 23.3 Å². The van der Waals surface area contributed by atoms with Crippen molar-refractivity contribution in [3.8, 4) is 5.75 Å². The van der Waals surface area contributed by atoms with Gasteiger partial charge in [-0.1, -0.05) is 0 Å². The van der Waals surface area contributed by atoms with Crippen molar-refractivity contribution >= 4 is 9.84 Å². The minimum absolute atomic E-state index is 0.0575. The Kier molecular flexibility index (Phi) is 3.41. The van der Waals surface area contributed by atoms with Gasteiger partial charge in [0.2, 0.25) is 0 Å². The second kappa shape index (κ2) is 4.82. The number of aromatic nitrogens is 1. The molecule has 0 spiro atoms. The first-order chi connectivity index (χ1) is 10.1. The molecule has 1 heterocycles. The third kappa shape index (κ3) is 2.56. The molecule has 1 N–H and O–H groups in total. The molecule has 0 amide bonds. The molecular weight excluding hydrogens is 323 g/mol. The number of hydrogen-bond acceptors (Lipinski definition) is 5. The normalized spacial score (nSPS) is 27.3. The Balaban J connectivity index is 1.98. The molecule has 2 aliphatic carbocycles. The Hall–Kier alpha value is -1.35. The lowest BCUT2D eigenvalue weighted by atomic mass is 9.91. The van der Waals surface area contributed by atoms with Crippen molar-refractivity contribution in [1.82, 2.24) is 4.98 Å². The molecule has 1 fully saturated rings. The van der Waals surface area contributed by atoms with Gasteiger partial charge in [0.05, 0.1) is 6.20 Å². The molecule has 5 nitrogen and oxygen atoms in total. The summed E-state index contributed by atoms with van der Waals surface area (Å²) in [4.78, 5) is 3.73. The van der Waals surface area contributed by atoms with E-state index in [0.29, 0.717) is 0 Å². The minimum atomic E-state index is -3.75. The first-order valence-electron chi connectivity index (χ1n) is 6.67. The fraction of sp³-hybridized carbons (Fsp3) is 0.615. The fourth-order valence-electron chi connectivity index (χ4n) is 2.80. The van der Waals surface area contributed by atoms with Gasteiger partial charge in [0.15, 0.2) is 14.9 Å². The van der Waals surface area contributed by atoms with Crippen molar-refractivity contribution in [2.24, 2.45) is 0 Å². The van der Waals surface area contributed by atoms with Crippen molar-refractivity contribution in [2.45, 2.75) is 48.6 Å². The summed E-state index contributed by atoms with van der Waals surface area (Å²) in [7, 11) is -3.75. The molecule has 122 valence electrons. The Bertz CT molecular complexity index is 714. The predicted molar refractivity (Wildman–Crippen MR) is 69.5 cm³/mol. The Labute approximate surface area is 125 Å². The molecule has 2 aliphatic rings. The van der Waals surface area contributed by atoms with Crippen LogP contribution in [0.3, 0.4) is 0 Å². The van der Waals surface area contributed by atoms with E-state index < -0.39 is 52.0 Å². The van der Waals surface area contributed by atoms with Crippen LogP contribution >= 0.6 is 0 Å². The molecule has 1 saturated carbocycles. The Morgan fingerprint density at radius 1 is 1.41 bits per heavy atom. The monoisotopic (exact) mass is 337 g/mol. The molecule has 2 atom stereocenters. The van der Waals surface area contributed by atoms with E-state index in [2.05, 4.69) is 4.98 Å². The average Bonchev–Trinajstić information content (AvgIpc) is 2.63. The van der Waals surface area contributed by atoms with Gasteiger partial charge in [-0.15, -0.1) is 0 Å². The summed E-state index contributed by atoms with van der Waals surface area (Å²) < 4.78 is 68.2. The lowest BCUT2D eigenvalue weighted by Crippen LogP contribution is -2.43. The molecule has 1 aromatic heterocycles. The Morgan fingerprint density at radius 3 is 2.59 bits per heavy atom. The van der Waals surface area contributed by atoms with E-state index in [0.717, 1.165) is 12.5 Å². The highest BCUT2D eigenvalue weighted by molar-refractivity contribution is 7.90. The molecule has 0 aliphatic heterocycles. The maximum absolute atomic E-state index is 13.8. The molecule has 0 saturated heterocycles. The summed E-state index contributed by atoms with van der Waals surface area (Å²) in [6, 6.07) is 0. The zero-order valence-corrected chi connectivity index (χ0v) is 12.4. The van der Waals surface area contributed by atoms with Crippen LogP contribution in [0.2, 0.25) is 0 Å². The van der Waals surface area contributed by atoms with Crippen molar-refractivity contribution in [3.05, 3.63) is 17.3 Å². The zero-order valence-electron chi connectivity index (χ0n) is 11.6. The van der Waals surface area contributed by atoms with Crippen LogP contribution in [0.1, 0.15) is 30.1 Å². The smallest absolute Gasteiger partial charge is 0.255 e. The fourth-order valence-corrected chi connectivity index (χ4v) is 3.68. The highest BCUT2D eigenvalue weighted by Crippen LogP contribution is 2.44. The average molecular weight is 337 g/mol. The summed E-state index contributed by atoms with van der Waals surface area (Å²) in [5.74, 6) is -2.71. The lowest BCUT2D eigenvalue weighted by molar-refractivity contribution is -0.134. The van der Waals surface area contributed by atoms with Crippen molar-refractivity contribution < 1.29 is 31.4 Å². The summed E-state index contributed by atoms with van der Waals surface area (Å²) in [6.45, 7) is 0. The SMILES string of the molecule is CS(=O)(=O)c1ncc(OC2CC(F)(F)C2)c2c1[C@H](O)[C@@H](F)C2. The van der Waals surface area contributed by atoms with Crippen LogP contribution in [0.25, 0.3) is 0 Å². The lowest BCUT2D eigenvalue weighted by Gasteiger charge is -2.35. The van der Waals surface area contributed by atoms with Crippen LogP contribution in [0, 0.1) is 0 Å². The number of pyridine rings is 1. The number of hydrogen-bond donors (Lipinski definition) is 1. The van der Waals surface area contributed by atoms with E-state index in [4.69, 9.17) is 4.74 Å². The second-order valence-electron chi connectivity index (χ2n) is 5.76. The summed E-state index contributed by atoms with van der Waals surface area (Å²) >= 11 is 0. The quantitative estimate of drug-likeness (QED) is 0.906. The maximum Gasteiger partial charge on any atom is 0.255 e. The summed E-state index contributed by atoms with van der Waals surface area (Å²) in [5.41, 5.74) is 0.0595. The van der Waals surface area contributed by atoms with Gasteiger partial charge in [-0.25, -0.2) is 26.6 Å². The maximum atomic E-state index is 13.8. The van der Waals surface area contributed by atoms with Crippen LogP contribution in [0.4, 0.5) is 13.2 Å². The number of fused-ring (bicyclic) bond motifs is 1. The third-order valence-corrected chi connectivity index (χ3v) is 4.91. The van der Waals surface area contributed by atoms with Gasteiger partial charge in [0.25, 0.3) is 5.92 Å². The summed E-state index contributed by atoms with van der Waals surface area (Å²) in [6.07, 6.45) is -3.14. The van der Waals surface area contributed by atoms with Crippen molar-refractivity contribution in [1.29, 1.82) is 0 Å². The van der Waals surface area contributed by atoms with Gasteiger partial charge in [0.1, 0.15) is 24.1 Å². The standard InChI is InChI=1S/C13H14F3NO4S/c1-22(19,20)12-10-7(2-8(14)11(10)18)9(5-17-12)21-6-3-13(15,16)4-6/h5-6,8,11,18H,2-4H2,1H3/t8-,11+/m0/s1. The molecule has 0 bridgehead atoms. The molecule has 3 rings (SSSR count). The number of aliphatic hydroxyl groups is 1. The van der Waals surface area contributed by atoms with Gasteiger partial charge in [0, 0.05) is 36.6 Å². The number of sulfone groups is 1. The van der Waals surface area contributed by atoms with Crippen molar-refractivity contribution in [2.75, 3.05) is 6.26 Å². The highest BCUT2D eigenvalue weighted by atomic mass is 32.2. The largest absolute Gasteiger partial charge is 0.488 e. The predicted octanol–water partition coefficient (Wildman–Crippen LogP) is 1.59. The van der Waals surface area contributed by atoms with Gasteiger partial charge in [-0.2, -0.15) is 0 Å². The number of ether oxygens (including phenoxy) is 1. The van der Waals surface area contributed by atoms with E-state index in [9.17, 15) is 26.7 Å². The molecule has 22 heavy (non-hydrogen) atoms. The number of halogens is 3. The molecule has 0 unspecified atom stereocenters. The van der Waals surface area contributed by atoms with Crippen LogP contribution < -0.4 is 4.74 Å². The molecule has 1 aromatic rings. The van der Waals surface area contributed by atoms with Crippen LogP contribution in [-0.2, 0) is 16.3 Å². The molecule has 9 heteroatoms. The van der Waals surface area contributed by atoms with E-state index in [1.165, 1.54) is 0 Å². The van der Waals surface area contributed by atoms with Gasteiger partial charge >= 0.3 is 0 Å². The highest BCUT2D eigenvalue weighted by Gasteiger charge is 2.48. The number of alkyl halides is 3. The Morgan fingerprint density at radius 2 is 2.05 bits per heavy atom. The molecular formula is C13H14F3NO4S. The number of nitrogens with zero attached hydrogens (tertiary/aromatic N) is 1. The minimum Gasteiger partial charge on any atom is -0.488 e. The van der Waals surface area contributed by atoms with E-state index in [1.807, 2.05) is 0 Å². The van der Waals surface area contributed by atoms with E-state index in [1.54, 1.807) is 0 Å². The van der Waals surface area contributed by atoms with Crippen molar-refractivity contribution in [3.63, 3.8) is 0 Å². The number of aliphatic hydroxyl groups excluding tert-OH is 1. The van der Waals surface area contributed by atoms with Crippen LogP contribution in [0.15, 0.2) is 11.2 Å². The molecule has 0 radical (unpaired) electrons. The topological polar surface area (TPSA) is 76.5 Å². The van der Waals surface area contributed by atoms with Crippen LogP contribution in [-0.4, -0.2) is 43.0 Å². The van der Waals surface area contributed by atoms with Gasteiger partial charge < -0.3 is 9.84 Å². The first-order valence-corrected chi connectivity index (χ1v) is 8.56. The second-order valence-corrected chi connectivity index (χ2v) is 7.69. The summed E-state index contributed by atoms with van der Waals surface area (Å²) in [5, 5.41) is 9.45. The van der Waals surface area contributed by atoms with Crippen LogP contribution in [0.5, 0.6) is 5.75 Å². The zero-order chi connectivity index (χ0) is 16.3. The third-order valence-electron chi connectivity index (χ3n) is 3.89. The van der Waals surface area contributed by atoms with Gasteiger partial charge in [-0.05, 0) is 0 Å².